The third-order valence-corrected chi connectivity index (χ3v) is 4.43. The van der Waals surface area contributed by atoms with Crippen LogP contribution in [0.1, 0.15) is 5.82 Å². The summed E-state index contributed by atoms with van der Waals surface area (Å²) >= 11 is 1.24. The van der Waals surface area contributed by atoms with Gasteiger partial charge in [-0.05, 0) is 36.4 Å². The molecule has 2 aromatic carbocycles. The summed E-state index contributed by atoms with van der Waals surface area (Å²) in [5, 5.41) is 12.2. The number of para-hydroxylation sites is 1. The number of nitrogens with zero attached hydrogens (tertiary/aromatic N) is 3. The van der Waals surface area contributed by atoms with E-state index in [4.69, 9.17) is 5.84 Å². The molecule has 1 amide bonds. The molecule has 0 radical (unpaired) electrons. The summed E-state index contributed by atoms with van der Waals surface area (Å²) in [5.74, 6) is 5.32. The monoisotopic (exact) mass is 372 g/mol. The topological polar surface area (TPSA) is 97.9 Å². The van der Waals surface area contributed by atoms with E-state index in [1.165, 1.54) is 23.9 Å². The van der Waals surface area contributed by atoms with Gasteiger partial charge in [0.1, 0.15) is 5.82 Å². The van der Waals surface area contributed by atoms with E-state index < -0.39 is 0 Å². The van der Waals surface area contributed by atoms with Crippen molar-refractivity contribution >= 4 is 23.4 Å². The summed E-state index contributed by atoms with van der Waals surface area (Å²) in [6.45, 7) is 0.386. The molecule has 0 bridgehead atoms. The van der Waals surface area contributed by atoms with Crippen molar-refractivity contribution in [1.82, 2.24) is 20.2 Å². The lowest BCUT2D eigenvalue weighted by Crippen LogP contribution is -2.31. The Kier molecular flexibility index (Phi) is 5.82. The van der Waals surface area contributed by atoms with Gasteiger partial charge in [0.15, 0.2) is 11.0 Å². The van der Waals surface area contributed by atoms with Gasteiger partial charge in [-0.1, -0.05) is 30.0 Å². The van der Waals surface area contributed by atoms with Crippen molar-refractivity contribution in [3.8, 4) is 5.69 Å². The second-order valence-electron chi connectivity index (χ2n) is 5.29. The van der Waals surface area contributed by atoms with Crippen LogP contribution in [0.5, 0.6) is 0 Å². The van der Waals surface area contributed by atoms with E-state index >= 15 is 0 Å². The zero-order chi connectivity index (χ0) is 18.4. The molecule has 0 aliphatic rings. The van der Waals surface area contributed by atoms with Crippen molar-refractivity contribution in [3.63, 3.8) is 0 Å². The molecule has 134 valence electrons. The lowest BCUT2D eigenvalue weighted by atomic mass is 10.3. The number of hydrogen-bond acceptors (Lipinski definition) is 6. The van der Waals surface area contributed by atoms with Crippen molar-refractivity contribution in [2.75, 3.05) is 11.1 Å². The molecule has 4 N–H and O–H groups in total. The van der Waals surface area contributed by atoms with Crippen LogP contribution in [0.15, 0.2) is 59.8 Å². The number of halogens is 1. The molecule has 0 saturated heterocycles. The fourth-order valence-electron chi connectivity index (χ4n) is 2.27. The molecule has 0 unspecified atom stereocenters. The van der Waals surface area contributed by atoms with E-state index in [0.717, 1.165) is 11.4 Å². The Bertz CT molecular complexity index is 869. The first kappa shape index (κ1) is 17.9. The lowest BCUT2D eigenvalue weighted by Gasteiger charge is -2.11. The summed E-state index contributed by atoms with van der Waals surface area (Å²) in [6.07, 6.45) is 0. The first-order valence-electron chi connectivity index (χ1n) is 7.79. The van der Waals surface area contributed by atoms with Gasteiger partial charge in [-0.15, -0.1) is 10.2 Å². The number of amides is 1. The number of aromatic nitrogens is 3. The smallest absolute Gasteiger partial charge is 0.244 e. The van der Waals surface area contributed by atoms with Gasteiger partial charge < -0.3 is 5.32 Å². The number of nitrogens with one attached hydrogen (secondary N) is 2. The molecule has 1 heterocycles. The van der Waals surface area contributed by atoms with E-state index in [-0.39, 0.29) is 17.5 Å². The molecular weight excluding hydrogens is 355 g/mol. The molecule has 0 spiro atoms. The first-order chi connectivity index (χ1) is 12.7. The summed E-state index contributed by atoms with van der Waals surface area (Å²) in [4.78, 5) is 11.4. The zero-order valence-corrected chi connectivity index (χ0v) is 14.5. The van der Waals surface area contributed by atoms with Gasteiger partial charge in [0.05, 0.1) is 12.3 Å². The number of thioether (sulfide) groups is 1. The Hall–Kier alpha value is -2.91. The van der Waals surface area contributed by atoms with Crippen LogP contribution in [0.25, 0.3) is 5.69 Å². The Morgan fingerprint density at radius 3 is 2.54 bits per heavy atom. The van der Waals surface area contributed by atoms with Crippen LogP contribution in [0, 0.1) is 5.82 Å². The third-order valence-electron chi connectivity index (χ3n) is 3.50. The molecule has 7 nitrogen and oxygen atoms in total. The average Bonchev–Trinajstić information content (AvgIpc) is 3.09. The third kappa shape index (κ3) is 4.38. The molecule has 3 rings (SSSR count). The highest BCUT2D eigenvalue weighted by atomic mass is 32.2. The Balaban J connectivity index is 1.83. The van der Waals surface area contributed by atoms with Gasteiger partial charge in [-0.3, -0.25) is 14.8 Å². The Labute approximate surface area is 153 Å². The molecule has 0 aliphatic heterocycles. The fraction of sp³-hybridized carbons (Fsp3) is 0.118. The van der Waals surface area contributed by atoms with Gasteiger partial charge in [-0.25, -0.2) is 10.2 Å². The maximum absolute atomic E-state index is 13.0. The van der Waals surface area contributed by atoms with E-state index in [0.29, 0.717) is 17.5 Å². The number of hydrazine groups is 1. The summed E-state index contributed by atoms with van der Waals surface area (Å²) in [7, 11) is 0. The number of carbonyl (C=O) groups excluding carboxylic acids is 1. The molecule has 1 aromatic heterocycles. The van der Waals surface area contributed by atoms with E-state index in [1.54, 1.807) is 12.1 Å². The number of carbonyl (C=O) groups is 1. The zero-order valence-electron chi connectivity index (χ0n) is 13.7. The number of anilines is 1. The maximum Gasteiger partial charge on any atom is 0.244 e. The van der Waals surface area contributed by atoms with Crippen LogP contribution >= 0.6 is 11.8 Å². The standard InChI is InChI=1S/C17H17FN6OS/c18-12-6-8-13(9-7-12)20-10-15-22-23-17(26-11-16(25)21-19)24(15)14-4-2-1-3-5-14/h1-9,20H,10-11,19H2,(H,21,25). The van der Waals surface area contributed by atoms with Crippen LogP contribution in [0.2, 0.25) is 0 Å². The fourth-order valence-corrected chi connectivity index (χ4v) is 3.05. The largest absolute Gasteiger partial charge is 0.378 e. The van der Waals surface area contributed by atoms with E-state index in [9.17, 15) is 9.18 Å². The van der Waals surface area contributed by atoms with Gasteiger partial charge >= 0.3 is 0 Å². The number of hydrogen-bond donors (Lipinski definition) is 3. The SMILES string of the molecule is NNC(=O)CSc1nnc(CNc2ccc(F)cc2)n1-c1ccccc1. The number of benzene rings is 2. The molecule has 26 heavy (non-hydrogen) atoms. The van der Waals surface area contributed by atoms with Crippen LogP contribution in [0.4, 0.5) is 10.1 Å². The van der Waals surface area contributed by atoms with Crippen molar-refractivity contribution in [2.24, 2.45) is 5.84 Å². The van der Waals surface area contributed by atoms with Crippen molar-refractivity contribution < 1.29 is 9.18 Å². The first-order valence-corrected chi connectivity index (χ1v) is 8.77. The summed E-state index contributed by atoms with van der Waals surface area (Å²) in [6, 6.07) is 15.7. The van der Waals surface area contributed by atoms with Gasteiger partial charge in [-0.2, -0.15) is 0 Å². The minimum absolute atomic E-state index is 0.132. The highest BCUT2D eigenvalue weighted by Gasteiger charge is 2.15. The van der Waals surface area contributed by atoms with Crippen molar-refractivity contribution in [2.45, 2.75) is 11.7 Å². The highest BCUT2D eigenvalue weighted by molar-refractivity contribution is 7.99. The quantitative estimate of drug-likeness (QED) is 0.254. The molecule has 0 atom stereocenters. The van der Waals surface area contributed by atoms with Gasteiger partial charge in [0.25, 0.3) is 0 Å². The Morgan fingerprint density at radius 1 is 1.12 bits per heavy atom. The molecule has 0 fully saturated rings. The van der Waals surface area contributed by atoms with Crippen LogP contribution in [0.3, 0.4) is 0 Å². The molecule has 3 aromatic rings. The second-order valence-corrected chi connectivity index (χ2v) is 6.23. The highest BCUT2D eigenvalue weighted by Crippen LogP contribution is 2.22. The molecular formula is C17H17FN6OS. The second kappa shape index (κ2) is 8.45. The molecule has 0 saturated carbocycles. The van der Waals surface area contributed by atoms with Crippen LogP contribution in [-0.2, 0) is 11.3 Å². The summed E-state index contributed by atoms with van der Waals surface area (Å²) < 4.78 is 14.9. The average molecular weight is 372 g/mol. The maximum atomic E-state index is 13.0. The minimum Gasteiger partial charge on any atom is -0.378 e. The van der Waals surface area contributed by atoms with E-state index in [2.05, 4.69) is 20.9 Å². The normalized spacial score (nSPS) is 10.5. The predicted octanol–water partition coefficient (Wildman–Crippen LogP) is 2.10. The van der Waals surface area contributed by atoms with Crippen molar-refractivity contribution in [3.05, 3.63) is 66.2 Å². The van der Waals surface area contributed by atoms with E-state index in [1.807, 2.05) is 34.9 Å². The number of nitrogens with two attached hydrogens (primary N) is 1. The Morgan fingerprint density at radius 2 is 1.85 bits per heavy atom. The van der Waals surface area contributed by atoms with Gasteiger partial charge in [0.2, 0.25) is 5.91 Å². The molecule has 9 heteroatoms. The predicted molar refractivity (Wildman–Crippen MR) is 98.1 cm³/mol. The summed E-state index contributed by atoms with van der Waals surface area (Å²) in [5.41, 5.74) is 3.74. The van der Waals surface area contributed by atoms with Crippen LogP contribution < -0.4 is 16.6 Å². The van der Waals surface area contributed by atoms with Gasteiger partial charge in [0, 0.05) is 11.4 Å². The van der Waals surface area contributed by atoms with Crippen molar-refractivity contribution in [1.29, 1.82) is 0 Å². The minimum atomic E-state index is -0.302. The molecule has 0 aliphatic carbocycles. The lowest BCUT2D eigenvalue weighted by molar-refractivity contribution is -0.118. The number of rotatable bonds is 7. The van der Waals surface area contributed by atoms with Crippen LogP contribution in [-0.4, -0.2) is 26.4 Å².